The number of hydrogen-bond donors (Lipinski definition) is 2. The third-order valence-corrected chi connectivity index (χ3v) is 2.79. The Hall–Kier alpha value is -1.07. The molecule has 0 spiro atoms. The molecule has 0 aliphatic rings. The topological polar surface area (TPSA) is 58.6 Å². The van der Waals surface area contributed by atoms with Crippen molar-refractivity contribution >= 4 is 21.8 Å². The lowest BCUT2D eigenvalue weighted by atomic mass is 10.2. The Labute approximate surface area is 109 Å². The molecular formula is C12H16BrNO3. The van der Waals surface area contributed by atoms with E-state index in [0.717, 1.165) is 10.0 Å². The highest BCUT2D eigenvalue weighted by Gasteiger charge is 2.15. The van der Waals surface area contributed by atoms with Gasteiger partial charge in [0, 0.05) is 6.54 Å². The summed E-state index contributed by atoms with van der Waals surface area (Å²) >= 11 is 3.38. The Morgan fingerprint density at radius 1 is 1.59 bits per heavy atom. The van der Waals surface area contributed by atoms with Crippen molar-refractivity contribution in [3.8, 4) is 5.75 Å². The number of ether oxygens (including phenoxy) is 1. The maximum Gasteiger partial charge on any atom is 0.260 e. The van der Waals surface area contributed by atoms with Gasteiger partial charge in [-0.05, 0) is 47.5 Å². The van der Waals surface area contributed by atoms with Crippen molar-refractivity contribution in [1.82, 2.24) is 5.32 Å². The van der Waals surface area contributed by atoms with Gasteiger partial charge in [-0.1, -0.05) is 6.07 Å². The van der Waals surface area contributed by atoms with Crippen LogP contribution < -0.4 is 10.1 Å². The number of carbonyl (C=O) groups is 1. The number of amides is 1. The van der Waals surface area contributed by atoms with Crippen LogP contribution in [0.5, 0.6) is 5.75 Å². The van der Waals surface area contributed by atoms with E-state index in [2.05, 4.69) is 21.2 Å². The van der Waals surface area contributed by atoms with E-state index in [4.69, 9.17) is 9.84 Å². The zero-order valence-electron chi connectivity index (χ0n) is 9.87. The third-order valence-electron chi connectivity index (χ3n) is 2.17. The zero-order valence-corrected chi connectivity index (χ0v) is 11.5. The summed E-state index contributed by atoms with van der Waals surface area (Å²) in [6, 6.07) is 5.65. The summed E-state index contributed by atoms with van der Waals surface area (Å²) in [6.07, 6.45) is -0.597. The molecule has 0 bridgehead atoms. The van der Waals surface area contributed by atoms with E-state index >= 15 is 0 Å². The van der Waals surface area contributed by atoms with Crippen LogP contribution in [0.4, 0.5) is 0 Å². The van der Waals surface area contributed by atoms with E-state index in [9.17, 15) is 4.79 Å². The molecule has 17 heavy (non-hydrogen) atoms. The molecule has 0 radical (unpaired) electrons. The molecule has 4 nitrogen and oxygen atoms in total. The van der Waals surface area contributed by atoms with Gasteiger partial charge in [-0.2, -0.15) is 0 Å². The molecule has 94 valence electrons. The fourth-order valence-electron chi connectivity index (χ4n) is 1.27. The van der Waals surface area contributed by atoms with Crippen LogP contribution >= 0.6 is 15.9 Å². The van der Waals surface area contributed by atoms with Crippen LogP contribution in [0.25, 0.3) is 0 Å². The molecule has 1 aromatic carbocycles. The Bertz CT molecular complexity index is 395. The smallest absolute Gasteiger partial charge is 0.260 e. The maximum absolute atomic E-state index is 11.5. The minimum absolute atomic E-state index is 0.0767. The molecule has 0 fully saturated rings. The summed E-state index contributed by atoms with van der Waals surface area (Å²) in [6.45, 7) is 3.80. The SMILES string of the molecule is Cc1ccc(OC(C)C(=O)NCCO)c(Br)c1. The van der Waals surface area contributed by atoms with E-state index in [1.54, 1.807) is 6.92 Å². The molecule has 1 unspecified atom stereocenters. The molecule has 2 N–H and O–H groups in total. The van der Waals surface area contributed by atoms with Crippen LogP contribution in [0.3, 0.4) is 0 Å². The maximum atomic E-state index is 11.5. The number of benzene rings is 1. The van der Waals surface area contributed by atoms with E-state index < -0.39 is 6.10 Å². The molecule has 1 rings (SSSR count). The van der Waals surface area contributed by atoms with E-state index in [1.807, 2.05) is 25.1 Å². The molecule has 0 saturated heterocycles. The van der Waals surface area contributed by atoms with Crippen molar-refractivity contribution in [3.63, 3.8) is 0 Å². The Morgan fingerprint density at radius 2 is 2.29 bits per heavy atom. The van der Waals surface area contributed by atoms with Crippen molar-refractivity contribution in [2.24, 2.45) is 0 Å². The zero-order chi connectivity index (χ0) is 12.8. The van der Waals surface area contributed by atoms with Crippen molar-refractivity contribution in [3.05, 3.63) is 28.2 Å². The lowest BCUT2D eigenvalue weighted by Gasteiger charge is -2.15. The average Bonchev–Trinajstić information content (AvgIpc) is 2.29. The summed E-state index contributed by atoms with van der Waals surface area (Å²) in [5.74, 6) is 0.383. The number of halogens is 1. The van der Waals surface area contributed by atoms with Gasteiger partial charge in [-0.15, -0.1) is 0 Å². The number of rotatable bonds is 5. The molecule has 0 aliphatic carbocycles. The van der Waals surface area contributed by atoms with Crippen molar-refractivity contribution in [1.29, 1.82) is 0 Å². The second-order valence-corrected chi connectivity index (χ2v) is 4.56. The second kappa shape index (κ2) is 6.61. The molecular weight excluding hydrogens is 286 g/mol. The van der Waals surface area contributed by atoms with Gasteiger partial charge < -0.3 is 15.2 Å². The summed E-state index contributed by atoms with van der Waals surface area (Å²) < 4.78 is 6.34. The number of hydrogen-bond acceptors (Lipinski definition) is 3. The van der Waals surface area contributed by atoms with Crippen LogP contribution in [0.2, 0.25) is 0 Å². The number of nitrogens with one attached hydrogen (secondary N) is 1. The fraction of sp³-hybridized carbons (Fsp3) is 0.417. The van der Waals surface area contributed by atoms with Crippen LogP contribution in [-0.2, 0) is 4.79 Å². The van der Waals surface area contributed by atoms with Gasteiger partial charge >= 0.3 is 0 Å². The van der Waals surface area contributed by atoms with E-state index in [-0.39, 0.29) is 19.1 Å². The molecule has 5 heteroatoms. The van der Waals surface area contributed by atoms with Crippen LogP contribution in [-0.4, -0.2) is 30.3 Å². The summed E-state index contributed by atoms with van der Waals surface area (Å²) in [5.41, 5.74) is 1.11. The normalized spacial score (nSPS) is 12.0. The van der Waals surface area contributed by atoms with Crippen molar-refractivity contribution < 1.29 is 14.6 Å². The predicted molar refractivity (Wildman–Crippen MR) is 69.1 cm³/mol. The molecule has 0 saturated carbocycles. The largest absolute Gasteiger partial charge is 0.480 e. The second-order valence-electron chi connectivity index (χ2n) is 3.71. The minimum atomic E-state index is -0.597. The van der Waals surface area contributed by atoms with Gasteiger partial charge in [0.15, 0.2) is 6.10 Å². The summed E-state index contributed by atoms with van der Waals surface area (Å²) in [5, 5.41) is 11.2. The fourth-order valence-corrected chi connectivity index (χ4v) is 1.85. The Morgan fingerprint density at radius 3 is 2.88 bits per heavy atom. The molecule has 1 aromatic rings. The monoisotopic (exact) mass is 301 g/mol. The minimum Gasteiger partial charge on any atom is -0.480 e. The number of aryl methyl sites for hydroxylation is 1. The van der Waals surface area contributed by atoms with Gasteiger partial charge in [0.25, 0.3) is 5.91 Å². The standard InChI is InChI=1S/C12H16BrNO3/c1-8-3-4-11(10(13)7-8)17-9(2)12(16)14-5-6-15/h3-4,7,9,15H,5-6H2,1-2H3,(H,14,16). The first-order valence-corrected chi connectivity index (χ1v) is 6.15. The first-order valence-electron chi connectivity index (χ1n) is 5.36. The van der Waals surface area contributed by atoms with Gasteiger partial charge in [0.2, 0.25) is 0 Å². The van der Waals surface area contributed by atoms with Gasteiger partial charge in [-0.25, -0.2) is 0 Å². The molecule has 0 heterocycles. The lowest BCUT2D eigenvalue weighted by molar-refractivity contribution is -0.127. The van der Waals surface area contributed by atoms with E-state index in [1.165, 1.54) is 0 Å². The van der Waals surface area contributed by atoms with Crippen molar-refractivity contribution in [2.75, 3.05) is 13.2 Å². The van der Waals surface area contributed by atoms with Gasteiger partial charge in [-0.3, -0.25) is 4.79 Å². The molecule has 1 atom stereocenters. The molecule has 1 amide bonds. The van der Waals surface area contributed by atoms with Crippen LogP contribution in [0.15, 0.2) is 22.7 Å². The first kappa shape index (κ1) is 14.0. The van der Waals surface area contributed by atoms with Gasteiger partial charge in [0.1, 0.15) is 5.75 Å². The molecule has 0 aromatic heterocycles. The summed E-state index contributed by atoms with van der Waals surface area (Å²) in [4.78, 5) is 11.5. The third kappa shape index (κ3) is 4.36. The lowest BCUT2D eigenvalue weighted by Crippen LogP contribution is -2.37. The first-order chi connectivity index (χ1) is 8.04. The van der Waals surface area contributed by atoms with Crippen LogP contribution in [0, 0.1) is 6.92 Å². The summed E-state index contributed by atoms with van der Waals surface area (Å²) in [7, 11) is 0. The Kier molecular flexibility index (Phi) is 5.44. The highest BCUT2D eigenvalue weighted by atomic mass is 79.9. The highest BCUT2D eigenvalue weighted by molar-refractivity contribution is 9.10. The number of carbonyl (C=O) groups excluding carboxylic acids is 1. The quantitative estimate of drug-likeness (QED) is 0.869. The van der Waals surface area contributed by atoms with Crippen molar-refractivity contribution in [2.45, 2.75) is 20.0 Å². The number of aliphatic hydroxyl groups excluding tert-OH is 1. The van der Waals surface area contributed by atoms with E-state index in [0.29, 0.717) is 5.75 Å². The molecule has 0 aliphatic heterocycles. The highest BCUT2D eigenvalue weighted by Crippen LogP contribution is 2.26. The van der Waals surface area contributed by atoms with Gasteiger partial charge in [0.05, 0.1) is 11.1 Å². The Balaban J connectivity index is 2.61. The average molecular weight is 302 g/mol. The van der Waals surface area contributed by atoms with Crippen LogP contribution in [0.1, 0.15) is 12.5 Å². The number of aliphatic hydroxyl groups is 1. The predicted octanol–water partition coefficient (Wildman–Crippen LogP) is 1.63.